The number of rotatable bonds is 4. The van der Waals surface area contributed by atoms with Crippen LogP contribution in [0.3, 0.4) is 0 Å². The van der Waals surface area contributed by atoms with E-state index in [1.807, 2.05) is 0 Å². The second-order valence-electron chi connectivity index (χ2n) is 3.92. The number of pyridine rings is 1. The molecule has 2 aromatic heterocycles. The minimum atomic E-state index is -3.79. The second kappa shape index (κ2) is 5.84. The molecule has 9 heteroatoms. The highest BCUT2D eigenvalue weighted by Crippen LogP contribution is 2.27. The van der Waals surface area contributed by atoms with Gasteiger partial charge < -0.3 is 10.2 Å². The van der Waals surface area contributed by atoms with Crippen molar-refractivity contribution in [3.63, 3.8) is 0 Å². The number of nitrogens with one attached hydrogen (secondary N) is 1. The van der Waals surface area contributed by atoms with Crippen LogP contribution in [0.25, 0.3) is 0 Å². The number of hydrogen-bond donors (Lipinski definition) is 2. The molecular formula is C11H11Br2N3O3S. The van der Waals surface area contributed by atoms with Gasteiger partial charge in [-0.25, -0.2) is 13.4 Å². The number of sulfonamides is 1. The van der Waals surface area contributed by atoms with Gasteiger partial charge in [0.1, 0.15) is 16.5 Å². The molecule has 0 aliphatic heterocycles. The second-order valence-corrected chi connectivity index (χ2v) is 7.15. The molecule has 0 saturated carbocycles. The van der Waals surface area contributed by atoms with E-state index in [0.717, 1.165) is 4.47 Å². The molecule has 0 radical (unpaired) electrons. The van der Waals surface area contributed by atoms with Crippen LogP contribution in [0.15, 0.2) is 36.7 Å². The zero-order chi connectivity index (χ0) is 14.9. The summed E-state index contributed by atoms with van der Waals surface area (Å²) in [6, 6.07) is 4.65. The quantitative estimate of drug-likeness (QED) is 0.786. The van der Waals surface area contributed by atoms with Crippen LogP contribution in [-0.4, -0.2) is 13.4 Å². The van der Waals surface area contributed by atoms with Crippen molar-refractivity contribution in [1.29, 1.82) is 0 Å². The van der Waals surface area contributed by atoms with E-state index in [4.69, 9.17) is 10.2 Å². The molecule has 6 nitrogen and oxygen atoms in total. The summed E-state index contributed by atoms with van der Waals surface area (Å²) in [5.74, 6) is 0.602. The van der Waals surface area contributed by atoms with E-state index in [1.54, 1.807) is 19.1 Å². The van der Waals surface area contributed by atoms with E-state index >= 15 is 0 Å². The van der Waals surface area contributed by atoms with E-state index in [0.29, 0.717) is 11.5 Å². The predicted molar refractivity (Wildman–Crippen MR) is 81.8 cm³/mol. The highest BCUT2D eigenvalue weighted by Gasteiger charge is 2.22. The molecule has 0 fully saturated rings. The summed E-state index contributed by atoms with van der Waals surface area (Å²) in [5, 5.41) is 0. The van der Waals surface area contributed by atoms with Gasteiger partial charge >= 0.3 is 0 Å². The normalized spacial score (nSPS) is 11.6. The smallest absolute Gasteiger partial charge is 0.267 e. The van der Waals surface area contributed by atoms with E-state index < -0.39 is 10.0 Å². The van der Waals surface area contributed by atoms with Crippen molar-refractivity contribution >= 4 is 47.7 Å². The number of furan rings is 1. The van der Waals surface area contributed by atoms with E-state index in [-0.39, 0.29) is 21.9 Å². The first-order chi connectivity index (χ1) is 9.33. The third-order valence-corrected chi connectivity index (χ3v) is 5.51. The van der Waals surface area contributed by atoms with Crippen LogP contribution >= 0.6 is 31.9 Å². The van der Waals surface area contributed by atoms with Crippen molar-refractivity contribution in [3.05, 3.63) is 38.8 Å². The van der Waals surface area contributed by atoms with Gasteiger partial charge in [0.2, 0.25) is 0 Å². The molecule has 2 heterocycles. The lowest BCUT2D eigenvalue weighted by Crippen LogP contribution is -2.14. The van der Waals surface area contributed by atoms with Crippen LogP contribution < -0.4 is 10.5 Å². The maximum absolute atomic E-state index is 12.3. The molecule has 20 heavy (non-hydrogen) atoms. The monoisotopic (exact) mass is 423 g/mol. The van der Waals surface area contributed by atoms with E-state index in [2.05, 4.69) is 41.6 Å². The van der Waals surface area contributed by atoms with E-state index in [9.17, 15) is 8.42 Å². The number of nitrogens with two attached hydrogens (primary N) is 1. The van der Waals surface area contributed by atoms with E-state index in [1.165, 1.54) is 6.07 Å². The van der Waals surface area contributed by atoms with Crippen molar-refractivity contribution in [2.75, 3.05) is 4.72 Å². The summed E-state index contributed by atoms with van der Waals surface area (Å²) in [6.45, 7) is 1.88. The van der Waals surface area contributed by atoms with Gasteiger partial charge in [0.15, 0.2) is 4.67 Å². The number of aromatic nitrogens is 1. The lowest BCUT2D eigenvalue weighted by molar-refractivity contribution is 0.484. The van der Waals surface area contributed by atoms with Gasteiger partial charge in [-0.1, -0.05) is 0 Å². The average Bonchev–Trinajstić information content (AvgIpc) is 2.76. The highest BCUT2D eigenvalue weighted by atomic mass is 79.9. The lowest BCUT2D eigenvalue weighted by atomic mass is 10.4. The Morgan fingerprint density at radius 2 is 2.10 bits per heavy atom. The van der Waals surface area contributed by atoms with Crippen LogP contribution in [0.5, 0.6) is 0 Å². The molecule has 0 atom stereocenters. The summed E-state index contributed by atoms with van der Waals surface area (Å²) >= 11 is 6.37. The topological polar surface area (TPSA) is 98.2 Å². The molecule has 0 aliphatic carbocycles. The van der Waals surface area contributed by atoms with Crippen molar-refractivity contribution in [3.8, 4) is 0 Å². The predicted octanol–water partition coefficient (Wildman–Crippen LogP) is 2.77. The Hall–Kier alpha value is -0.900. The van der Waals surface area contributed by atoms with Gasteiger partial charge in [0, 0.05) is 10.5 Å². The van der Waals surface area contributed by atoms with Gasteiger partial charge in [-0.05, 0) is 50.9 Å². The minimum Gasteiger partial charge on any atom is -0.452 e. The zero-order valence-corrected chi connectivity index (χ0v) is 14.3. The first-order valence-electron chi connectivity index (χ1n) is 5.47. The first kappa shape index (κ1) is 15.5. The number of anilines is 1. The van der Waals surface area contributed by atoms with Gasteiger partial charge in [0.25, 0.3) is 10.0 Å². The Morgan fingerprint density at radius 3 is 2.65 bits per heavy atom. The van der Waals surface area contributed by atoms with Crippen molar-refractivity contribution in [1.82, 2.24) is 4.98 Å². The maximum atomic E-state index is 12.3. The molecular weight excluding hydrogens is 414 g/mol. The average molecular weight is 425 g/mol. The number of hydrogen-bond acceptors (Lipinski definition) is 5. The molecule has 3 N–H and O–H groups in total. The van der Waals surface area contributed by atoms with Crippen LogP contribution in [0, 0.1) is 6.92 Å². The largest absolute Gasteiger partial charge is 0.452 e. The molecule has 0 bridgehead atoms. The SMILES string of the molecule is Cc1nc(NS(=O)(=O)c2cc(CN)oc2Br)ccc1Br. The fraction of sp³-hybridized carbons (Fsp3) is 0.182. The van der Waals surface area contributed by atoms with Crippen molar-refractivity contribution < 1.29 is 12.8 Å². The van der Waals surface area contributed by atoms with Crippen molar-refractivity contribution in [2.24, 2.45) is 5.73 Å². The van der Waals surface area contributed by atoms with Crippen LogP contribution in [0.1, 0.15) is 11.5 Å². The Kier molecular flexibility index (Phi) is 4.52. The maximum Gasteiger partial charge on any atom is 0.267 e. The summed E-state index contributed by atoms with van der Waals surface area (Å²) in [7, 11) is -3.79. The number of aryl methyl sites for hydroxylation is 1. The number of nitrogens with zero attached hydrogens (tertiary/aromatic N) is 1. The van der Waals surface area contributed by atoms with Crippen LogP contribution in [0.2, 0.25) is 0 Å². The van der Waals surface area contributed by atoms with Gasteiger partial charge in [-0.3, -0.25) is 4.72 Å². The Labute approximate surface area is 133 Å². The molecule has 2 rings (SSSR count). The molecule has 108 valence electrons. The summed E-state index contributed by atoms with van der Waals surface area (Å²) in [6.07, 6.45) is 0. The van der Waals surface area contributed by atoms with Gasteiger partial charge in [-0.2, -0.15) is 0 Å². The highest BCUT2D eigenvalue weighted by molar-refractivity contribution is 9.10. The van der Waals surface area contributed by atoms with Gasteiger partial charge in [0.05, 0.1) is 12.2 Å². The lowest BCUT2D eigenvalue weighted by Gasteiger charge is -2.07. The summed E-state index contributed by atoms with van der Waals surface area (Å²) in [4.78, 5) is 4.12. The Morgan fingerprint density at radius 1 is 1.40 bits per heavy atom. The standard InChI is InChI=1S/C11H11Br2N3O3S/c1-6-8(12)2-3-10(15-6)16-20(17,18)9-4-7(5-14)19-11(9)13/h2-4H,5,14H2,1H3,(H,15,16). The molecule has 0 amide bonds. The Bertz CT molecular complexity index is 743. The fourth-order valence-electron chi connectivity index (χ4n) is 1.48. The molecule has 0 saturated heterocycles. The molecule has 0 unspecified atom stereocenters. The zero-order valence-electron chi connectivity index (χ0n) is 10.4. The third kappa shape index (κ3) is 3.22. The van der Waals surface area contributed by atoms with Crippen LogP contribution in [0.4, 0.5) is 5.82 Å². The fourth-order valence-corrected chi connectivity index (χ4v) is 3.70. The summed E-state index contributed by atoms with van der Waals surface area (Å²) < 4.78 is 33.0. The first-order valence-corrected chi connectivity index (χ1v) is 8.54. The molecule has 0 spiro atoms. The van der Waals surface area contributed by atoms with Gasteiger partial charge in [-0.15, -0.1) is 0 Å². The molecule has 0 aromatic carbocycles. The van der Waals surface area contributed by atoms with Crippen LogP contribution in [-0.2, 0) is 16.6 Å². The summed E-state index contributed by atoms with van der Waals surface area (Å²) in [5.41, 5.74) is 6.10. The minimum absolute atomic E-state index is 0.0136. The Balaban J connectivity index is 2.35. The third-order valence-electron chi connectivity index (χ3n) is 2.46. The number of halogens is 2. The molecule has 0 aliphatic rings. The molecule has 2 aromatic rings. The van der Waals surface area contributed by atoms with Crippen molar-refractivity contribution in [2.45, 2.75) is 18.4 Å².